The lowest BCUT2D eigenvalue weighted by Crippen LogP contribution is -2.30. The highest BCUT2D eigenvalue weighted by Crippen LogP contribution is 2.32. The SMILES string of the molecule is COC(=O)c1cc(NC(=O)N2C=CN(C)C=CC2)ccc1OC(c1ccccc1)c1ccccc1. The quantitative estimate of drug-likeness (QED) is 0.489. The Labute approximate surface area is 204 Å². The van der Waals surface area contributed by atoms with Gasteiger partial charge in [-0.1, -0.05) is 60.7 Å². The van der Waals surface area contributed by atoms with Crippen molar-refractivity contribution in [1.82, 2.24) is 9.80 Å². The van der Waals surface area contributed by atoms with Gasteiger partial charge in [0.25, 0.3) is 0 Å². The molecule has 4 rings (SSSR count). The number of hydrogen-bond acceptors (Lipinski definition) is 5. The predicted octanol–water partition coefficient (Wildman–Crippen LogP) is 5.41. The molecule has 1 heterocycles. The molecule has 0 aliphatic carbocycles. The molecule has 3 aromatic rings. The van der Waals surface area contributed by atoms with Crippen LogP contribution >= 0.6 is 0 Å². The van der Waals surface area contributed by atoms with E-state index < -0.39 is 12.1 Å². The Balaban J connectivity index is 1.62. The fourth-order valence-electron chi connectivity index (χ4n) is 3.66. The molecule has 0 aromatic heterocycles. The number of methoxy groups -OCH3 is 1. The number of carbonyl (C=O) groups excluding carboxylic acids is 2. The third kappa shape index (κ3) is 5.89. The smallest absolute Gasteiger partial charge is 0.341 e. The van der Waals surface area contributed by atoms with E-state index in [1.54, 1.807) is 30.6 Å². The van der Waals surface area contributed by atoms with Crippen molar-refractivity contribution >= 4 is 17.7 Å². The van der Waals surface area contributed by atoms with Gasteiger partial charge in [0.2, 0.25) is 0 Å². The highest BCUT2D eigenvalue weighted by atomic mass is 16.5. The number of ether oxygens (including phenoxy) is 2. The second kappa shape index (κ2) is 11.1. The van der Waals surface area contributed by atoms with E-state index in [4.69, 9.17) is 9.47 Å². The number of nitrogens with zero attached hydrogens (tertiary/aromatic N) is 2. The number of anilines is 1. The lowest BCUT2D eigenvalue weighted by molar-refractivity contribution is 0.0594. The summed E-state index contributed by atoms with van der Waals surface area (Å²) in [5.74, 6) is -0.206. The summed E-state index contributed by atoms with van der Waals surface area (Å²) in [6, 6.07) is 24.2. The topological polar surface area (TPSA) is 71.1 Å². The van der Waals surface area contributed by atoms with Gasteiger partial charge in [0, 0.05) is 37.9 Å². The van der Waals surface area contributed by atoms with Crippen molar-refractivity contribution in [1.29, 1.82) is 0 Å². The van der Waals surface area contributed by atoms with Gasteiger partial charge in [0.1, 0.15) is 17.4 Å². The number of nitrogens with one attached hydrogen (secondary N) is 1. The molecule has 0 atom stereocenters. The number of rotatable bonds is 6. The molecule has 0 bridgehead atoms. The second-order valence-corrected chi connectivity index (χ2v) is 7.95. The molecule has 0 radical (unpaired) electrons. The summed E-state index contributed by atoms with van der Waals surface area (Å²) in [5.41, 5.74) is 2.55. The first-order valence-electron chi connectivity index (χ1n) is 11.2. The van der Waals surface area contributed by atoms with Crippen molar-refractivity contribution < 1.29 is 19.1 Å². The highest BCUT2D eigenvalue weighted by molar-refractivity contribution is 5.96. The third-order valence-corrected chi connectivity index (χ3v) is 5.47. The molecule has 1 aliphatic rings. The molecule has 1 aliphatic heterocycles. The van der Waals surface area contributed by atoms with Gasteiger partial charge < -0.3 is 19.7 Å². The van der Waals surface area contributed by atoms with Crippen molar-refractivity contribution in [2.45, 2.75) is 6.10 Å². The van der Waals surface area contributed by atoms with E-state index in [1.807, 2.05) is 84.9 Å². The molecule has 1 N–H and O–H groups in total. The van der Waals surface area contributed by atoms with E-state index in [1.165, 1.54) is 12.0 Å². The summed E-state index contributed by atoms with van der Waals surface area (Å²) in [5, 5.41) is 2.84. The van der Waals surface area contributed by atoms with Crippen LogP contribution in [0.1, 0.15) is 27.6 Å². The van der Waals surface area contributed by atoms with Gasteiger partial charge in [-0.15, -0.1) is 0 Å². The Morgan fingerprint density at radius 3 is 2.17 bits per heavy atom. The van der Waals surface area contributed by atoms with Crippen LogP contribution < -0.4 is 10.1 Å². The summed E-state index contributed by atoms with van der Waals surface area (Å²) in [7, 11) is 3.20. The lowest BCUT2D eigenvalue weighted by atomic mass is 10.0. The summed E-state index contributed by atoms with van der Waals surface area (Å²) in [4.78, 5) is 28.8. The number of hydrogen-bond donors (Lipinski definition) is 1. The molecule has 0 spiro atoms. The lowest BCUT2D eigenvalue weighted by Gasteiger charge is -2.22. The molecule has 0 saturated carbocycles. The fraction of sp³-hybridized carbons (Fsp3) is 0.143. The minimum absolute atomic E-state index is 0.216. The van der Waals surface area contributed by atoms with Crippen LogP contribution in [0, 0.1) is 0 Å². The zero-order valence-electron chi connectivity index (χ0n) is 19.6. The molecule has 7 heteroatoms. The maximum Gasteiger partial charge on any atom is 0.341 e. The zero-order chi connectivity index (χ0) is 24.6. The summed E-state index contributed by atoms with van der Waals surface area (Å²) in [6.07, 6.45) is 6.79. The molecule has 3 aromatic carbocycles. The van der Waals surface area contributed by atoms with E-state index in [-0.39, 0.29) is 11.6 Å². The maximum atomic E-state index is 12.8. The predicted molar refractivity (Wildman–Crippen MR) is 135 cm³/mol. The van der Waals surface area contributed by atoms with Crippen LogP contribution in [0.25, 0.3) is 0 Å². The minimum atomic E-state index is -0.560. The average Bonchev–Trinajstić information content (AvgIpc) is 3.12. The van der Waals surface area contributed by atoms with Crippen molar-refractivity contribution in [2.24, 2.45) is 0 Å². The van der Waals surface area contributed by atoms with Crippen molar-refractivity contribution in [3.05, 3.63) is 120 Å². The first-order chi connectivity index (χ1) is 17.0. The first kappa shape index (κ1) is 23.6. The van der Waals surface area contributed by atoms with Gasteiger partial charge in [-0.3, -0.25) is 4.90 Å². The molecular weight excluding hydrogens is 442 g/mol. The molecular formula is C28H27N3O4. The Morgan fingerprint density at radius 1 is 0.886 bits per heavy atom. The van der Waals surface area contributed by atoms with Gasteiger partial charge in [-0.2, -0.15) is 0 Å². The monoisotopic (exact) mass is 469 g/mol. The largest absolute Gasteiger partial charge is 0.480 e. The number of esters is 1. The van der Waals surface area contributed by atoms with Gasteiger partial charge in [0.15, 0.2) is 0 Å². The minimum Gasteiger partial charge on any atom is -0.480 e. The van der Waals surface area contributed by atoms with E-state index >= 15 is 0 Å². The molecule has 0 fully saturated rings. The Morgan fingerprint density at radius 2 is 1.54 bits per heavy atom. The summed E-state index contributed by atoms with van der Waals surface area (Å²) in [6.45, 7) is 0.424. The summed E-state index contributed by atoms with van der Waals surface area (Å²) >= 11 is 0. The zero-order valence-corrected chi connectivity index (χ0v) is 19.6. The van der Waals surface area contributed by atoms with E-state index in [2.05, 4.69) is 5.32 Å². The molecule has 0 saturated heterocycles. The van der Waals surface area contributed by atoms with Gasteiger partial charge in [-0.25, -0.2) is 9.59 Å². The Bertz CT molecular complexity index is 1190. The van der Waals surface area contributed by atoms with E-state index in [9.17, 15) is 9.59 Å². The second-order valence-electron chi connectivity index (χ2n) is 7.95. The van der Waals surface area contributed by atoms with Crippen LogP contribution in [-0.4, -0.2) is 42.5 Å². The fourth-order valence-corrected chi connectivity index (χ4v) is 3.66. The van der Waals surface area contributed by atoms with Crippen LogP contribution in [0.2, 0.25) is 0 Å². The van der Waals surface area contributed by atoms with E-state index in [0.717, 1.165) is 11.1 Å². The number of carbonyl (C=O) groups is 2. The van der Waals surface area contributed by atoms with Crippen LogP contribution in [-0.2, 0) is 4.74 Å². The van der Waals surface area contributed by atoms with Crippen LogP contribution in [0.4, 0.5) is 10.5 Å². The maximum absolute atomic E-state index is 12.8. The standard InChI is InChI=1S/C28H27N3O4/c1-30-16-9-17-31(19-18-30)28(33)29-23-14-15-25(24(20-23)27(32)34-2)35-26(21-10-5-3-6-11-21)22-12-7-4-8-13-22/h3-16,18-20,26H,17H2,1-2H3,(H,29,33). The van der Waals surface area contributed by atoms with Crippen LogP contribution in [0.15, 0.2) is 104 Å². The molecule has 35 heavy (non-hydrogen) atoms. The normalized spacial score (nSPS) is 12.9. The summed E-state index contributed by atoms with van der Waals surface area (Å²) < 4.78 is 11.4. The number of amides is 2. The molecule has 0 unspecified atom stereocenters. The molecule has 7 nitrogen and oxygen atoms in total. The number of benzene rings is 3. The van der Waals surface area contributed by atoms with Crippen LogP contribution in [0.5, 0.6) is 5.75 Å². The Kier molecular flexibility index (Phi) is 7.47. The van der Waals surface area contributed by atoms with Crippen molar-refractivity contribution in [3.8, 4) is 5.75 Å². The van der Waals surface area contributed by atoms with E-state index in [0.29, 0.717) is 18.0 Å². The molecule has 178 valence electrons. The first-order valence-corrected chi connectivity index (χ1v) is 11.2. The van der Waals surface area contributed by atoms with Crippen molar-refractivity contribution in [3.63, 3.8) is 0 Å². The van der Waals surface area contributed by atoms with Gasteiger partial charge in [-0.05, 0) is 35.4 Å². The van der Waals surface area contributed by atoms with Gasteiger partial charge in [0.05, 0.1) is 7.11 Å². The van der Waals surface area contributed by atoms with Crippen molar-refractivity contribution in [2.75, 3.05) is 26.0 Å². The number of urea groups is 1. The highest BCUT2D eigenvalue weighted by Gasteiger charge is 2.22. The third-order valence-electron chi connectivity index (χ3n) is 5.47. The molecule has 2 amide bonds. The van der Waals surface area contributed by atoms with Crippen LogP contribution in [0.3, 0.4) is 0 Å². The Hall–Kier alpha value is -4.52. The van der Waals surface area contributed by atoms with Gasteiger partial charge >= 0.3 is 12.0 Å². The average molecular weight is 470 g/mol.